The highest BCUT2D eigenvalue weighted by Crippen LogP contribution is 2.11. The molecule has 0 radical (unpaired) electrons. The summed E-state index contributed by atoms with van der Waals surface area (Å²) in [5.74, 6) is -0.823. The number of hydrogen-bond donors (Lipinski definition) is 2. The van der Waals surface area contributed by atoms with E-state index in [1.54, 1.807) is 0 Å². The monoisotopic (exact) mass is 224 g/mol. The molecule has 0 bridgehead atoms. The fourth-order valence-corrected chi connectivity index (χ4v) is 1.10. The van der Waals surface area contributed by atoms with Gasteiger partial charge in [-0.15, -0.1) is 0 Å². The molecule has 0 fully saturated rings. The van der Waals surface area contributed by atoms with Gasteiger partial charge in [0.05, 0.1) is 5.60 Å². The largest absolute Gasteiger partial charge is 0.459 e. The molecule has 0 saturated carbocycles. The molecule has 0 aliphatic heterocycles. The lowest BCUT2D eigenvalue weighted by Gasteiger charge is -2.22. The molecule has 2 N–H and O–H groups in total. The van der Waals surface area contributed by atoms with Gasteiger partial charge in [0.1, 0.15) is 6.61 Å². The molecule has 0 aromatic heterocycles. The molecule has 0 aliphatic rings. The first-order valence-electron chi connectivity index (χ1n) is 5.02. The van der Waals surface area contributed by atoms with Gasteiger partial charge >= 0.3 is 5.97 Å². The van der Waals surface area contributed by atoms with E-state index in [-0.39, 0.29) is 6.61 Å². The molecule has 0 aliphatic carbocycles. The second-order valence-electron chi connectivity index (χ2n) is 4.15. The Morgan fingerprint density at radius 1 is 1.38 bits per heavy atom. The smallest absolute Gasteiger partial charge is 0.338 e. The predicted octanol–water partition coefficient (Wildman–Crippen LogP) is 0.862. The van der Waals surface area contributed by atoms with Gasteiger partial charge in [-0.3, -0.25) is 0 Å². The molecule has 4 nitrogen and oxygen atoms in total. The summed E-state index contributed by atoms with van der Waals surface area (Å²) in [4.78, 5) is 11.3. The number of benzene rings is 1. The maximum absolute atomic E-state index is 11.3. The summed E-state index contributed by atoms with van der Waals surface area (Å²) in [7, 11) is 0. The minimum Gasteiger partial charge on any atom is -0.459 e. The highest BCUT2D eigenvalue weighted by Gasteiger charge is 2.32. The molecule has 0 amide bonds. The number of ether oxygens (including phenoxy) is 1. The van der Waals surface area contributed by atoms with Gasteiger partial charge in [0.25, 0.3) is 0 Å². The van der Waals surface area contributed by atoms with Gasteiger partial charge in [0.15, 0.2) is 6.10 Å². The summed E-state index contributed by atoms with van der Waals surface area (Å²) in [6.45, 7) is 2.79. The number of aliphatic hydroxyl groups is 2. The van der Waals surface area contributed by atoms with Crippen molar-refractivity contribution in [2.45, 2.75) is 32.2 Å². The Labute approximate surface area is 94.5 Å². The van der Waals surface area contributed by atoms with E-state index in [0.717, 1.165) is 5.56 Å². The zero-order valence-electron chi connectivity index (χ0n) is 9.38. The fraction of sp³-hybridized carbons (Fsp3) is 0.417. The Morgan fingerprint density at radius 3 is 2.44 bits per heavy atom. The van der Waals surface area contributed by atoms with Crippen molar-refractivity contribution < 1.29 is 19.7 Å². The van der Waals surface area contributed by atoms with Gasteiger partial charge in [-0.2, -0.15) is 0 Å². The van der Waals surface area contributed by atoms with Gasteiger partial charge in [-0.25, -0.2) is 4.79 Å². The molecule has 88 valence electrons. The molecule has 1 rings (SSSR count). The van der Waals surface area contributed by atoms with Gasteiger partial charge < -0.3 is 14.9 Å². The van der Waals surface area contributed by atoms with E-state index in [0.29, 0.717) is 0 Å². The summed E-state index contributed by atoms with van der Waals surface area (Å²) >= 11 is 0. The summed E-state index contributed by atoms with van der Waals surface area (Å²) in [5.41, 5.74) is -0.660. The van der Waals surface area contributed by atoms with E-state index < -0.39 is 17.7 Å². The average Bonchev–Trinajstić information content (AvgIpc) is 2.25. The summed E-state index contributed by atoms with van der Waals surface area (Å²) in [6, 6.07) is 9.13. The molecule has 0 saturated heterocycles. The van der Waals surface area contributed by atoms with E-state index in [4.69, 9.17) is 4.74 Å². The molecule has 0 spiro atoms. The van der Waals surface area contributed by atoms with Crippen LogP contribution in [0.3, 0.4) is 0 Å². The lowest BCUT2D eigenvalue weighted by Crippen LogP contribution is -2.42. The SMILES string of the molecule is CC(C)(O)C(O)C(=O)OCc1ccccc1. The van der Waals surface area contributed by atoms with Crippen LogP contribution in [-0.2, 0) is 16.1 Å². The van der Waals surface area contributed by atoms with E-state index in [2.05, 4.69) is 0 Å². The summed E-state index contributed by atoms with van der Waals surface area (Å²) in [6.07, 6.45) is -1.53. The molecule has 0 heterocycles. The first-order valence-corrected chi connectivity index (χ1v) is 5.02. The molecule has 16 heavy (non-hydrogen) atoms. The van der Waals surface area contributed by atoms with Gasteiger partial charge in [0.2, 0.25) is 0 Å². The Morgan fingerprint density at radius 2 is 1.94 bits per heavy atom. The normalized spacial score (nSPS) is 13.2. The van der Waals surface area contributed by atoms with Crippen molar-refractivity contribution >= 4 is 5.97 Å². The number of hydrogen-bond acceptors (Lipinski definition) is 4. The maximum Gasteiger partial charge on any atom is 0.338 e. The molecule has 4 heteroatoms. The van der Waals surface area contributed by atoms with Gasteiger partial charge in [0, 0.05) is 0 Å². The van der Waals surface area contributed by atoms with E-state index >= 15 is 0 Å². The molecular formula is C12H16O4. The number of carbonyl (C=O) groups excluding carboxylic acids is 1. The Kier molecular flexibility index (Phi) is 4.04. The third-order valence-corrected chi connectivity index (χ3v) is 2.12. The van der Waals surface area contributed by atoms with Crippen LogP contribution in [0, 0.1) is 0 Å². The van der Waals surface area contributed by atoms with Crippen LogP contribution in [0.4, 0.5) is 0 Å². The van der Waals surface area contributed by atoms with Crippen LogP contribution in [0.2, 0.25) is 0 Å². The van der Waals surface area contributed by atoms with Gasteiger partial charge in [-0.1, -0.05) is 30.3 Å². The van der Waals surface area contributed by atoms with Crippen LogP contribution < -0.4 is 0 Å². The molecule has 1 aromatic rings. The van der Waals surface area contributed by atoms with Crippen LogP contribution >= 0.6 is 0 Å². The third kappa shape index (κ3) is 3.64. The van der Waals surface area contributed by atoms with Crippen LogP contribution in [0.5, 0.6) is 0 Å². The highest BCUT2D eigenvalue weighted by atomic mass is 16.5. The standard InChI is InChI=1S/C12H16O4/c1-12(2,15)10(13)11(14)16-8-9-6-4-3-5-7-9/h3-7,10,13,15H,8H2,1-2H3. The van der Waals surface area contributed by atoms with E-state index in [9.17, 15) is 15.0 Å². The van der Waals surface area contributed by atoms with Crippen molar-refractivity contribution in [1.29, 1.82) is 0 Å². The first kappa shape index (κ1) is 12.7. The Balaban J connectivity index is 2.48. The highest BCUT2D eigenvalue weighted by molar-refractivity contribution is 5.75. The zero-order valence-corrected chi connectivity index (χ0v) is 9.38. The maximum atomic E-state index is 11.3. The van der Waals surface area contributed by atoms with Crippen LogP contribution in [0.1, 0.15) is 19.4 Å². The molecule has 1 aromatic carbocycles. The number of aliphatic hydroxyl groups excluding tert-OH is 1. The van der Waals surface area contributed by atoms with Crippen LogP contribution in [0.25, 0.3) is 0 Å². The van der Waals surface area contributed by atoms with E-state index in [1.807, 2.05) is 30.3 Å². The predicted molar refractivity (Wildman–Crippen MR) is 58.5 cm³/mol. The van der Waals surface area contributed by atoms with Crippen molar-refractivity contribution in [3.8, 4) is 0 Å². The summed E-state index contributed by atoms with van der Waals surface area (Å²) in [5, 5.41) is 18.8. The van der Waals surface area contributed by atoms with E-state index in [1.165, 1.54) is 13.8 Å². The minimum absolute atomic E-state index is 0.0901. The lowest BCUT2D eigenvalue weighted by atomic mass is 10.0. The molecular weight excluding hydrogens is 208 g/mol. The van der Waals surface area contributed by atoms with Crippen molar-refractivity contribution in [3.63, 3.8) is 0 Å². The Hall–Kier alpha value is -1.39. The second-order valence-corrected chi connectivity index (χ2v) is 4.15. The molecule has 1 unspecified atom stereocenters. The summed E-state index contributed by atoms with van der Waals surface area (Å²) < 4.78 is 4.87. The van der Waals surface area contributed by atoms with Crippen molar-refractivity contribution in [1.82, 2.24) is 0 Å². The second kappa shape index (κ2) is 5.09. The topological polar surface area (TPSA) is 66.8 Å². The van der Waals surface area contributed by atoms with Crippen LogP contribution in [0.15, 0.2) is 30.3 Å². The van der Waals surface area contributed by atoms with Crippen molar-refractivity contribution in [2.75, 3.05) is 0 Å². The fourth-order valence-electron chi connectivity index (χ4n) is 1.10. The van der Waals surface area contributed by atoms with Crippen LogP contribution in [-0.4, -0.2) is 27.9 Å². The van der Waals surface area contributed by atoms with Gasteiger partial charge in [-0.05, 0) is 19.4 Å². The van der Waals surface area contributed by atoms with Crippen molar-refractivity contribution in [3.05, 3.63) is 35.9 Å². The number of rotatable bonds is 4. The van der Waals surface area contributed by atoms with Crippen molar-refractivity contribution in [2.24, 2.45) is 0 Å². The third-order valence-electron chi connectivity index (χ3n) is 2.12. The molecule has 1 atom stereocenters. The lowest BCUT2D eigenvalue weighted by molar-refractivity contribution is -0.167. The minimum atomic E-state index is -1.53. The number of esters is 1. The average molecular weight is 224 g/mol. The Bertz CT molecular complexity index is 340. The number of carbonyl (C=O) groups is 1. The quantitative estimate of drug-likeness (QED) is 0.744. The first-order chi connectivity index (χ1) is 7.41. The zero-order chi connectivity index (χ0) is 12.2.